The average molecular weight is 419 g/mol. The molecule has 0 saturated carbocycles. The van der Waals surface area contributed by atoms with Gasteiger partial charge in [-0.3, -0.25) is 4.79 Å². The fourth-order valence-electron chi connectivity index (χ4n) is 4.20. The van der Waals surface area contributed by atoms with Crippen molar-refractivity contribution in [2.45, 2.75) is 25.4 Å². The SMILES string of the molecule is COCc1nn2cc3c(nc2c1-c1ccc(F)cc1)CC(c1ccc(F)cc1)CC3=O. The molecule has 0 aliphatic heterocycles. The number of ketones is 1. The normalized spacial score (nSPS) is 16.0. The average Bonchev–Trinajstić information content (AvgIpc) is 3.11. The Morgan fingerprint density at radius 1 is 1.03 bits per heavy atom. The van der Waals surface area contributed by atoms with Crippen LogP contribution in [0.1, 0.15) is 39.6 Å². The lowest BCUT2D eigenvalue weighted by molar-refractivity contribution is 0.0962. The molecule has 7 heteroatoms. The van der Waals surface area contributed by atoms with E-state index in [0.717, 1.165) is 16.7 Å². The van der Waals surface area contributed by atoms with Crippen LogP contribution >= 0.6 is 0 Å². The van der Waals surface area contributed by atoms with Crippen LogP contribution in [0.3, 0.4) is 0 Å². The van der Waals surface area contributed by atoms with Crippen LogP contribution in [-0.2, 0) is 17.8 Å². The van der Waals surface area contributed by atoms with Crippen LogP contribution < -0.4 is 0 Å². The van der Waals surface area contributed by atoms with Crippen molar-refractivity contribution >= 4 is 11.4 Å². The van der Waals surface area contributed by atoms with Crippen molar-refractivity contribution in [1.82, 2.24) is 14.6 Å². The van der Waals surface area contributed by atoms with E-state index in [-0.39, 0.29) is 29.9 Å². The van der Waals surface area contributed by atoms with Gasteiger partial charge in [-0.25, -0.2) is 18.3 Å². The van der Waals surface area contributed by atoms with Crippen LogP contribution in [0.4, 0.5) is 8.78 Å². The van der Waals surface area contributed by atoms with Gasteiger partial charge >= 0.3 is 0 Å². The number of nitrogens with zero attached hydrogens (tertiary/aromatic N) is 3. The molecule has 1 aliphatic rings. The van der Waals surface area contributed by atoms with Crippen LogP contribution in [0.2, 0.25) is 0 Å². The second kappa shape index (κ2) is 7.67. The van der Waals surface area contributed by atoms with Crippen LogP contribution in [0.25, 0.3) is 16.8 Å². The molecule has 1 atom stereocenters. The number of ether oxygens (including phenoxy) is 1. The Hall–Kier alpha value is -3.45. The van der Waals surface area contributed by atoms with Gasteiger partial charge in [-0.05, 0) is 47.7 Å². The Morgan fingerprint density at radius 3 is 2.39 bits per heavy atom. The third-order valence-electron chi connectivity index (χ3n) is 5.69. The highest BCUT2D eigenvalue weighted by Gasteiger charge is 2.29. The summed E-state index contributed by atoms with van der Waals surface area (Å²) in [6.45, 7) is 0.257. The van der Waals surface area contributed by atoms with Crippen LogP contribution in [0, 0.1) is 11.6 Å². The number of methoxy groups -OCH3 is 1. The molecular weight excluding hydrogens is 400 g/mol. The number of fused-ring (bicyclic) bond motifs is 2. The van der Waals surface area contributed by atoms with Crippen molar-refractivity contribution in [3.8, 4) is 11.1 Å². The number of aromatic nitrogens is 3. The Balaban J connectivity index is 1.64. The van der Waals surface area contributed by atoms with Crippen molar-refractivity contribution in [2.75, 3.05) is 7.11 Å². The molecule has 0 saturated heterocycles. The molecule has 0 bridgehead atoms. The molecule has 4 aromatic rings. The zero-order valence-corrected chi connectivity index (χ0v) is 16.8. The van der Waals surface area contributed by atoms with E-state index >= 15 is 0 Å². The summed E-state index contributed by atoms with van der Waals surface area (Å²) in [5.41, 5.74) is 4.91. The summed E-state index contributed by atoms with van der Waals surface area (Å²) in [7, 11) is 1.58. The Bertz CT molecular complexity index is 1280. The minimum atomic E-state index is -0.327. The van der Waals surface area contributed by atoms with Crippen molar-refractivity contribution in [1.29, 1.82) is 0 Å². The lowest BCUT2D eigenvalue weighted by Crippen LogP contribution is -2.21. The largest absolute Gasteiger partial charge is 0.378 e. The minimum Gasteiger partial charge on any atom is -0.378 e. The van der Waals surface area contributed by atoms with E-state index in [2.05, 4.69) is 5.10 Å². The van der Waals surface area contributed by atoms with Crippen molar-refractivity contribution in [2.24, 2.45) is 0 Å². The number of hydrogen-bond donors (Lipinski definition) is 0. The van der Waals surface area contributed by atoms with Gasteiger partial charge in [0.15, 0.2) is 11.4 Å². The van der Waals surface area contributed by atoms with Gasteiger partial charge in [-0.15, -0.1) is 0 Å². The third kappa shape index (κ3) is 3.51. The van der Waals surface area contributed by atoms with Gasteiger partial charge in [0, 0.05) is 19.7 Å². The fraction of sp³-hybridized carbons (Fsp3) is 0.208. The molecule has 0 fully saturated rings. The van der Waals surface area contributed by atoms with Gasteiger partial charge in [0.1, 0.15) is 11.6 Å². The molecule has 0 radical (unpaired) electrons. The standard InChI is InChI=1S/C24H19F2N3O2/c1-31-13-21-23(15-4-8-18(26)9-5-15)24-27-20-10-16(14-2-6-17(25)7-3-14)11-22(30)19(20)12-29(24)28-21/h2-9,12,16H,10-11,13H2,1H3. The number of rotatable bonds is 4. The van der Waals surface area contributed by atoms with E-state index in [1.807, 2.05) is 0 Å². The molecule has 2 aromatic carbocycles. The molecule has 0 N–H and O–H groups in total. The van der Waals surface area contributed by atoms with Crippen LogP contribution in [0.5, 0.6) is 0 Å². The highest BCUT2D eigenvalue weighted by atomic mass is 19.1. The monoisotopic (exact) mass is 419 g/mol. The molecule has 2 heterocycles. The molecule has 2 aromatic heterocycles. The van der Waals surface area contributed by atoms with E-state index in [9.17, 15) is 13.6 Å². The number of benzene rings is 2. The lowest BCUT2D eigenvalue weighted by Gasteiger charge is -2.23. The Morgan fingerprint density at radius 2 is 1.71 bits per heavy atom. The molecule has 156 valence electrons. The van der Waals surface area contributed by atoms with Crippen molar-refractivity contribution in [3.63, 3.8) is 0 Å². The summed E-state index contributed by atoms with van der Waals surface area (Å²) in [4.78, 5) is 17.7. The van der Waals surface area contributed by atoms with E-state index in [4.69, 9.17) is 9.72 Å². The zero-order chi connectivity index (χ0) is 21.5. The lowest BCUT2D eigenvalue weighted by atomic mass is 9.82. The van der Waals surface area contributed by atoms with Crippen LogP contribution in [-0.4, -0.2) is 27.5 Å². The van der Waals surface area contributed by atoms with Crippen LogP contribution in [0.15, 0.2) is 54.7 Å². The third-order valence-corrected chi connectivity index (χ3v) is 5.69. The van der Waals surface area contributed by atoms with Gasteiger partial charge in [-0.2, -0.15) is 5.10 Å². The minimum absolute atomic E-state index is 0.0166. The molecule has 31 heavy (non-hydrogen) atoms. The van der Waals surface area contributed by atoms with Gasteiger partial charge < -0.3 is 4.74 Å². The molecule has 1 aliphatic carbocycles. The van der Waals surface area contributed by atoms with E-state index in [1.165, 1.54) is 24.3 Å². The first-order chi connectivity index (χ1) is 15.0. The number of halogens is 2. The summed E-state index contributed by atoms with van der Waals surface area (Å²) >= 11 is 0. The molecule has 1 unspecified atom stereocenters. The number of carbonyl (C=O) groups excluding carboxylic acids is 1. The quantitative estimate of drug-likeness (QED) is 0.480. The van der Waals surface area contributed by atoms with E-state index in [0.29, 0.717) is 35.4 Å². The molecule has 0 spiro atoms. The Kier molecular flexibility index (Phi) is 4.82. The second-order valence-corrected chi connectivity index (χ2v) is 7.71. The summed E-state index contributed by atoms with van der Waals surface area (Å²) < 4.78 is 33.7. The Labute approximate surface area is 177 Å². The number of carbonyl (C=O) groups is 1. The van der Waals surface area contributed by atoms with Gasteiger partial charge in [0.05, 0.1) is 29.1 Å². The van der Waals surface area contributed by atoms with Gasteiger partial charge in [0.2, 0.25) is 0 Å². The molecule has 0 amide bonds. The maximum atomic E-state index is 13.5. The number of Topliss-reactive ketones (excluding diaryl/α,β-unsaturated/α-hetero) is 1. The first-order valence-electron chi connectivity index (χ1n) is 9.98. The van der Waals surface area contributed by atoms with E-state index in [1.54, 1.807) is 42.1 Å². The fourth-order valence-corrected chi connectivity index (χ4v) is 4.20. The predicted octanol–water partition coefficient (Wildman–Crippen LogP) is 4.73. The summed E-state index contributed by atoms with van der Waals surface area (Å²) in [5, 5.41) is 4.57. The predicted molar refractivity (Wildman–Crippen MR) is 111 cm³/mol. The molecule has 5 rings (SSSR count). The maximum absolute atomic E-state index is 13.5. The first kappa shape index (κ1) is 19.5. The van der Waals surface area contributed by atoms with Crippen molar-refractivity contribution < 1.29 is 18.3 Å². The molecular formula is C24H19F2N3O2. The number of hydrogen-bond acceptors (Lipinski definition) is 4. The van der Waals surface area contributed by atoms with E-state index < -0.39 is 0 Å². The highest BCUT2D eigenvalue weighted by molar-refractivity contribution is 5.99. The van der Waals surface area contributed by atoms with Gasteiger partial charge in [-0.1, -0.05) is 24.3 Å². The zero-order valence-electron chi connectivity index (χ0n) is 16.8. The van der Waals surface area contributed by atoms with Crippen molar-refractivity contribution in [3.05, 3.63) is 88.9 Å². The maximum Gasteiger partial charge on any atom is 0.166 e. The topological polar surface area (TPSA) is 56.5 Å². The summed E-state index contributed by atoms with van der Waals surface area (Å²) in [6, 6.07) is 12.4. The summed E-state index contributed by atoms with van der Waals surface area (Å²) in [5.74, 6) is -0.713. The summed E-state index contributed by atoms with van der Waals surface area (Å²) in [6.07, 6.45) is 2.62. The second-order valence-electron chi connectivity index (χ2n) is 7.71. The first-order valence-corrected chi connectivity index (χ1v) is 9.98. The smallest absolute Gasteiger partial charge is 0.166 e. The van der Waals surface area contributed by atoms with Gasteiger partial charge in [0.25, 0.3) is 0 Å². The highest BCUT2D eigenvalue weighted by Crippen LogP contribution is 2.34. The molecule has 5 nitrogen and oxygen atoms in total.